The number of carbonyl (C=O) groups is 3. The van der Waals surface area contributed by atoms with Gasteiger partial charge in [0.15, 0.2) is 5.17 Å². The molecule has 2 aromatic rings. The molecule has 162 valence electrons. The van der Waals surface area contributed by atoms with Crippen LogP contribution < -0.4 is 10.6 Å². The molecular weight excluding hydrogens is 445 g/mol. The van der Waals surface area contributed by atoms with Gasteiger partial charge in [-0.25, -0.2) is 14.2 Å². The van der Waals surface area contributed by atoms with Crippen LogP contribution in [0.4, 0.5) is 15.8 Å². The van der Waals surface area contributed by atoms with Gasteiger partial charge in [-0.15, -0.1) is 0 Å². The van der Waals surface area contributed by atoms with E-state index < -0.39 is 17.0 Å². The first kappa shape index (κ1) is 22.8. The quantitative estimate of drug-likeness (QED) is 0.644. The maximum absolute atomic E-state index is 13.3. The zero-order valence-electron chi connectivity index (χ0n) is 16.6. The molecule has 0 bridgehead atoms. The zero-order chi connectivity index (χ0) is 22.5. The molecular formula is C21H19ClFN3O4S. The fourth-order valence-corrected chi connectivity index (χ4v) is 3.79. The van der Waals surface area contributed by atoms with E-state index in [2.05, 4.69) is 15.6 Å². The van der Waals surface area contributed by atoms with Gasteiger partial charge in [0.1, 0.15) is 11.1 Å². The summed E-state index contributed by atoms with van der Waals surface area (Å²) >= 11 is 6.83. The normalized spacial score (nSPS) is 17.4. The number of amides is 2. The molecule has 2 N–H and O–H groups in total. The van der Waals surface area contributed by atoms with E-state index in [0.717, 1.165) is 11.8 Å². The second-order valence-corrected chi connectivity index (χ2v) is 8.49. The predicted molar refractivity (Wildman–Crippen MR) is 118 cm³/mol. The highest BCUT2D eigenvalue weighted by Crippen LogP contribution is 2.27. The first-order valence-corrected chi connectivity index (χ1v) is 10.6. The molecule has 1 aliphatic heterocycles. The minimum Gasteiger partial charge on any atom is -0.459 e. The Labute approximate surface area is 187 Å². The highest BCUT2D eigenvalue weighted by molar-refractivity contribution is 8.15. The van der Waals surface area contributed by atoms with Gasteiger partial charge >= 0.3 is 5.97 Å². The summed E-state index contributed by atoms with van der Waals surface area (Å²) in [6.45, 7) is 3.51. The van der Waals surface area contributed by atoms with E-state index in [-0.39, 0.29) is 34.5 Å². The third kappa shape index (κ3) is 6.28. The van der Waals surface area contributed by atoms with Crippen molar-refractivity contribution in [2.75, 3.05) is 5.32 Å². The summed E-state index contributed by atoms with van der Waals surface area (Å²) in [5, 5.41) is 4.72. The summed E-state index contributed by atoms with van der Waals surface area (Å²) in [4.78, 5) is 40.8. The first-order chi connectivity index (χ1) is 14.7. The van der Waals surface area contributed by atoms with Crippen molar-refractivity contribution in [1.82, 2.24) is 5.32 Å². The van der Waals surface area contributed by atoms with Crippen molar-refractivity contribution in [2.24, 2.45) is 4.99 Å². The van der Waals surface area contributed by atoms with E-state index in [9.17, 15) is 18.8 Å². The van der Waals surface area contributed by atoms with E-state index >= 15 is 0 Å². The number of anilines is 1. The third-order valence-corrected chi connectivity index (χ3v) is 5.40. The van der Waals surface area contributed by atoms with Gasteiger partial charge in [-0.3, -0.25) is 9.59 Å². The number of benzene rings is 2. The summed E-state index contributed by atoms with van der Waals surface area (Å²) in [5.41, 5.74) is 1.19. The van der Waals surface area contributed by atoms with E-state index in [4.69, 9.17) is 16.3 Å². The van der Waals surface area contributed by atoms with Crippen molar-refractivity contribution < 1.29 is 23.5 Å². The van der Waals surface area contributed by atoms with Crippen molar-refractivity contribution in [2.45, 2.75) is 31.6 Å². The Bertz CT molecular complexity index is 1040. The van der Waals surface area contributed by atoms with E-state index in [1.165, 1.54) is 18.2 Å². The van der Waals surface area contributed by atoms with Gasteiger partial charge < -0.3 is 15.4 Å². The monoisotopic (exact) mass is 463 g/mol. The molecule has 0 spiro atoms. The third-order valence-electron chi connectivity index (χ3n) is 4.03. The molecule has 31 heavy (non-hydrogen) atoms. The van der Waals surface area contributed by atoms with Crippen LogP contribution >= 0.6 is 23.4 Å². The van der Waals surface area contributed by atoms with Crippen LogP contribution in [0.1, 0.15) is 30.6 Å². The number of amidine groups is 1. The van der Waals surface area contributed by atoms with E-state index in [1.807, 2.05) is 0 Å². The first-order valence-electron chi connectivity index (χ1n) is 9.33. The minimum atomic E-state index is -0.714. The number of rotatable bonds is 5. The molecule has 1 saturated heterocycles. The highest BCUT2D eigenvalue weighted by atomic mass is 35.5. The van der Waals surface area contributed by atoms with Crippen molar-refractivity contribution in [1.29, 1.82) is 0 Å². The van der Waals surface area contributed by atoms with Crippen molar-refractivity contribution in [3.63, 3.8) is 0 Å². The zero-order valence-corrected chi connectivity index (χ0v) is 18.2. The predicted octanol–water partition coefficient (Wildman–Crippen LogP) is 4.29. The van der Waals surface area contributed by atoms with E-state index in [0.29, 0.717) is 16.9 Å². The van der Waals surface area contributed by atoms with Crippen LogP contribution in [0.2, 0.25) is 5.02 Å². The fourth-order valence-electron chi connectivity index (χ4n) is 2.61. The number of hydrogen-bond acceptors (Lipinski definition) is 6. The molecule has 0 aliphatic carbocycles. The number of hydrogen-bond donors (Lipinski definition) is 2. The van der Waals surface area contributed by atoms with Gasteiger partial charge in [-0.2, -0.15) is 0 Å². The Morgan fingerprint density at radius 2 is 1.97 bits per heavy atom. The standard InChI is InChI=1S/C21H19ClFN3O4S/c1-11(2)30-20(29)12-3-5-13(6-4-12)24-19(28)17-10-18(27)26-21(31-17)25-14-7-8-16(23)15(22)9-14/h3-9,11,17H,10H2,1-2H3,(H,24,28)(H,25,26,27)/t17-/m0/s1. The Balaban J connectivity index is 1.67. The van der Waals surface area contributed by atoms with E-state index in [1.54, 1.807) is 38.1 Å². The van der Waals surface area contributed by atoms with Crippen LogP contribution in [-0.4, -0.2) is 34.3 Å². The van der Waals surface area contributed by atoms with Gasteiger partial charge in [-0.1, -0.05) is 23.4 Å². The lowest BCUT2D eigenvalue weighted by Gasteiger charge is -2.22. The molecule has 7 nitrogen and oxygen atoms in total. The minimum absolute atomic E-state index is 0.0293. The highest BCUT2D eigenvalue weighted by Gasteiger charge is 2.30. The molecule has 0 unspecified atom stereocenters. The number of ether oxygens (including phenoxy) is 1. The molecule has 1 atom stereocenters. The molecule has 0 aromatic heterocycles. The smallest absolute Gasteiger partial charge is 0.338 e. The van der Waals surface area contributed by atoms with Crippen LogP contribution in [0.25, 0.3) is 0 Å². The van der Waals surface area contributed by atoms with Gasteiger partial charge in [-0.05, 0) is 56.3 Å². The maximum atomic E-state index is 13.3. The lowest BCUT2D eigenvalue weighted by atomic mass is 10.2. The SMILES string of the molecule is CC(C)OC(=O)c1ccc(NC(=O)[C@@H]2CC(=O)NC(=Nc3ccc(F)c(Cl)c3)S2)cc1. The molecule has 10 heteroatoms. The van der Waals surface area contributed by atoms with Gasteiger partial charge in [0.25, 0.3) is 0 Å². The lowest BCUT2D eigenvalue weighted by Crippen LogP contribution is -2.41. The van der Waals surface area contributed by atoms with Crippen molar-refractivity contribution in [3.8, 4) is 0 Å². The number of thioether (sulfide) groups is 1. The van der Waals surface area contributed by atoms with Crippen LogP contribution in [0.15, 0.2) is 47.5 Å². The number of nitrogens with one attached hydrogen (secondary N) is 2. The average Bonchev–Trinajstić information content (AvgIpc) is 2.70. The number of aliphatic imine (C=N–C) groups is 1. The molecule has 2 amide bonds. The lowest BCUT2D eigenvalue weighted by molar-refractivity contribution is -0.123. The second kappa shape index (κ2) is 9.93. The summed E-state index contributed by atoms with van der Waals surface area (Å²) in [6, 6.07) is 10.2. The topological polar surface area (TPSA) is 96.9 Å². The Kier molecular flexibility index (Phi) is 7.29. The molecule has 1 fully saturated rings. The summed E-state index contributed by atoms with van der Waals surface area (Å²) in [5.74, 6) is -1.78. The molecule has 1 heterocycles. The summed E-state index contributed by atoms with van der Waals surface area (Å²) in [6.07, 6.45) is -0.262. The van der Waals surface area contributed by atoms with Crippen LogP contribution in [0.3, 0.4) is 0 Å². The van der Waals surface area contributed by atoms with Crippen LogP contribution in [-0.2, 0) is 14.3 Å². The number of esters is 1. The van der Waals surface area contributed by atoms with Crippen molar-refractivity contribution >= 4 is 57.7 Å². The fraction of sp³-hybridized carbons (Fsp3) is 0.238. The Morgan fingerprint density at radius 1 is 1.26 bits per heavy atom. The van der Waals surface area contributed by atoms with Crippen LogP contribution in [0.5, 0.6) is 0 Å². The molecule has 0 radical (unpaired) electrons. The Hall–Kier alpha value is -2.91. The maximum Gasteiger partial charge on any atom is 0.338 e. The average molecular weight is 464 g/mol. The second-order valence-electron chi connectivity index (χ2n) is 6.89. The summed E-state index contributed by atoms with van der Waals surface area (Å²) < 4.78 is 18.4. The molecule has 2 aromatic carbocycles. The molecule has 3 rings (SSSR count). The summed E-state index contributed by atoms with van der Waals surface area (Å²) in [7, 11) is 0. The van der Waals surface area contributed by atoms with Gasteiger partial charge in [0.05, 0.1) is 22.4 Å². The number of nitrogens with zero attached hydrogens (tertiary/aromatic N) is 1. The molecule has 0 saturated carbocycles. The largest absolute Gasteiger partial charge is 0.459 e. The van der Waals surface area contributed by atoms with Crippen molar-refractivity contribution in [3.05, 3.63) is 58.9 Å². The Morgan fingerprint density at radius 3 is 2.61 bits per heavy atom. The van der Waals surface area contributed by atoms with Crippen LogP contribution in [0, 0.1) is 5.82 Å². The van der Waals surface area contributed by atoms with Gasteiger partial charge in [0, 0.05) is 12.1 Å². The number of halogens is 2. The molecule has 1 aliphatic rings. The van der Waals surface area contributed by atoms with Gasteiger partial charge in [0.2, 0.25) is 11.8 Å². The number of carbonyl (C=O) groups excluding carboxylic acids is 3.